The summed E-state index contributed by atoms with van der Waals surface area (Å²) in [6.45, 7) is 0.729. The van der Waals surface area contributed by atoms with Crippen molar-refractivity contribution in [1.82, 2.24) is 14.9 Å². The van der Waals surface area contributed by atoms with Gasteiger partial charge in [0, 0.05) is 12.3 Å². The Morgan fingerprint density at radius 3 is 2.50 bits per heavy atom. The zero-order valence-corrected chi connectivity index (χ0v) is 19.3. The first-order chi connectivity index (χ1) is 17.8. The van der Waals surface area contributed by atoms with E-state index in [2.05, 4.69) is 4.98 Å². The molecular weight excluding hydrogens is 523 g/mol. The van der Waals surface area contributed by atoms with Crippen LogP contribution in [0.3, 0.4) is 0 Å². The van der Waals surface area contributed by atoms with Crippen LogP contribution in [0.25, 0.3) is 16.7 Å². The van der Waals surface area contributed by atoms with Crippen molar-refractivity contribution in [2.24, 2.45) is 0 Å². The van der Waals surface area contributed by atoms with Gasteiger partial charge in [0.25, 0.3) is 5.91 Å². The number of amides is 2. The normalized spacial score (nSPS) is 16.4. The minimum atomic E-state index is -4.81. The minimum absolute atomic E-state index is 0.206. The van der Waals surface area contributed by atoms with Gasteiger partial charge in [-0.2, -0.15) is 13.2 Å². The number of nitrogens with zero attached hydrogens (tertiary/aromatic N) is 3. The van der Waals surface area contributed by atoms with Gasteiger partial charge < -0.3 is 15.2 Å². The van der Waals surface area contributed by atoms with Crippen LogP contribution < -0.4 is 15.6 Å². The van der Waals surface area contributed by atoms with Gasteiger partial charge in [0.05, 0.1) is 17.6 Å². The van der Waals surface area contributed by atoms with Crippen LogP contribution >= 0.6 is 0 Å². The maximum absolute atomic E-state index is 14.8. The fourth-order valence-electron chi connectivity index (χ4n) is 3.80. The Bertz CT molecular complexity index is 1520. The molecule has 0 spiro atoms. The SMILES string of the molecule is CC[C@H](NC(=O)c1cn(-c2ccc(F)cc2F)c2nc(N3C[C@@H](C(=O)O)OC3=O)ccc2c1=O)C(F)(F)F. The van der Waals surface area contributed by atoms with Crippen molar-refractivity contribution < 1.29 is 46.2 Å². The van der Waals surface area contributed by atoms with E-state index in [0.29, 0.717) is 6.07 Å². The molecule has 15 heteroatoms. The fraction of sp³-hybridized carbons (Fsp3) is 0.261. The van der Waals surface area contributed by atoms with Crippen LogP contribution in [0.15, 0.2) is 41.3 Å². The largest absolute Gasteiger partial charge is 0.478 e. The number of carbonyl (C=O) groups is 3. The molecule has 0 saturated carbocycles. The third-order valence-electron chi connectivity index (χ3n) is 5.72. The predicted molar refractivity (Wildman–Crippen MR) is 120 cm³/mol. The molecule has 2 aromatic heterocycles. The Kier molecular flexibility index (Phi) is 6.78. The maximum Gasteiger partial charge on any atom is 0.416 e. The van der Waals surface area contributed by atoms with Crippen LogP contribution in [0.5, 0.6) is 0 Å². The second-order valence-electron chi connectivity index (χ2n) is 8.18. The maximum atomic E-state index is 14.8. The summed E-state index contributed by atoms with van der Waals surface area (Å²) in [6, 6.07) is 2.22. The highest BCUT2D eigenvalue weighted by Crippen LogP contribution is 2.26. The second kappa shape index (κ2) is 9.72. The number of halogens is 5. The summed E-state index contributed by atoms with van der Waals surface area (Å²) < 4.78 is 73.5. The molecule has 10 nitrogen and oxygen atoms in total. The highest BCUT2D eigenvalue weighted by Gasteiger charge is 2.40. The second-order valence-corrected chi connectivity index (χ2v) is 8.18. The molecule has 2 N–H and O–H groups in total. The number of carboxylic acid groups (broad SMARTS) is 1. The third-order valence-corrected chi connectivity index (χ3v) is 5.72. The first-order valence-corrected chi connectivity index (χ1v) is 10.9. The molecule has 2 amide bonds. The van der Waals surface area contributed by atoms with Crippen molar-refractivity contribution in [2.75, 3.05) is 11.4 Å². The van der Waals surface area contributed by atoms with Crippen LogP contribution in [-0.2, 0) is 9.53 Å². The lowest BCUT2D eigenvalue weighted by atomic mass is 10.1. The minimum Gasteiger partial charge on any atom is -0.478 e. The van der Waals surface area contributed by atoms with Gasteiger partial charge in [-0.05, 0) is 30.7 Å². The number of carboxylic acids is 1. The van der Waals surface area contributed by atoms with E-state index in [-0.39, 0.29) is 16.9 Å². The zero-order valence-electron chi connectivity index (χ0n) is 19.3. The molecule has 1 fully saturated rings. The molecule has 4 rings (SSSR count). The lowest BCUT2D eigenvalue weighted by Gasteiger charge is -2.21. The van der Waals surface area contributed by atoms with Gasteiger partial charge in [-0.1, -0.05) is 6.92 Å². The predicted octanol–water partition coefficient (Wildman–Crippen LogP) is 3.14. The van der Waals surface area contributed by atoms with Gasteiger partial charge in [0.15, 0.2) is 5.65 Å². The molecule has 0 radical (unpaired) electrons. The molecule has 38 heavy (non-hydrogen) atoms. The topological polar surface area (TPSA) is 131 Å². The third kappa shape index (κ3) is 4.86. The van der Waals surface area contributed by atoms with Gasteiger partial charge in [-0.3, -0.25) is 19.1 Å². The summed E-state index contributed by atoms with van der Waals surface area (Å²) in [4.78, 5) is 54.2. The number of aliphatic carboxylic acids is 1. The number of nitrogens with one attached hydrogen (secondary N) is 1. The van der Waals surface area contributed by atoms with Gasteiger partial charge in [-0.25, -0.2) is 23.4 Å². The number of hydrogen-bond donors (Lipinski definition) is 2. The highest BCUT2D eigenvalue weighted by molar-refractivity contribution is 5.98. The average molecular weight is 540 g/mol. The molecule has 2 atom stereocenters. The Labute approximate surface area is 209 Å². The van der Waals surface area contributed by atoms with E-state index >= 15 is 0 Å². The number of carbonyl (C=O) groups excluding carboxylic acids is 2. The lowest BCUT2D eigenvalue weighted by molar-refractivity contribution is -0.153. The fourth-order valence-corrected chi connectivity index (χ4v) is 3.80. The van der Waals surface area contributed by atoms with Crippen LogP contribution in [0.2, 0.25) is 0 Å². The van der Waals surface area contributed by atoms with E-state index in [1.54, 1.807) is 5.32 Å². The molecule has 3 aromatic rings. The molecule has 0 bridgehead atoms. The number of aromatic nitrogens is 2. The monoisotopic (exact) mass is 540 g/mol. The molecule has 1 aliphatic heterocycles. The molecule has 1 aliphatic rings. The summed E-state index contributed by atoms with van der Waals surface area (Å²) in [5.74, 6) is -5.15. The molecule has 3 heterocycles. The summed E-state index contributed by atoms with van der Waals surface area (Å²) in [7, 11) is 0. The number of anilines is 1. The van der Waals surface area contributed by atoms with E-state index in [4.69, 9.17) is 9.84 Å². The summed E-state index contributed by atoms with van der Waals surface area (Å²) >= 11 is 0. The van der Waals surface area contributed by atoms with Gasteiger partial charge in [0.2, 0.25) is 11.5 Å². The quantitative estimate of drug-likeness (QED) is 0.460. The van der Waals surface area contributed by atoms with Crippen LogP contribution in [0.1, 0.15) is 23.7 Å². The van der Waals surface area contributed by atoms with Crippen molar-refractivity contribution in [3.8, 4) is 5.69 Å². The van der Waals surface area contributed by atoms with Crippen LogP contribution in [0, 0.1) is 11.6 Å². The van der Waals surface area contributed by atoms with Crippen molar-refractivity contribution >= 4 is 34.8 Å². The number of cyclic esters (lactones) is 1. The smallest absolute Gasteiger partial charge is 0.416 e. The number of fused-ring (bicyclic) bond motifs is 1. The van der Waals surface area contributed by atoms with E-state index < -0.39 is 77.6 Å². The van der Waals surface area contributed by atoms with E-state index in [9.17, 15) is 41.1 Å². The van der Waals surface area contributed by atoms with Crippen molar-refractivity contribution in [1.29, 1.82) is 0 Å². The van der Waals surface area contributed by atoms with Crippen LogP contribution in [-0.4, -0.2) is 57.5 Å². The lowest BCUT2D eigenvalue weighted by Crippen LogP contribution is -2.46. The Morgan fingerprint density at radius 1 is 1.21 bits per heavy atom. The number of alkyl halides is 3. The molecule has 1 aromatic carbocycles. The van der Waals surface area contributed by atoms with Gasteiger partial charge in [0.1, 0.15) is 29.1 Å². The first kappa shape index (κ1) is 26.5. The van der Waals surface area contributed by atoms with E-state index in [1.165, 1.54) is 6.92 Å². The molecule has 200 valence electrons. The zero-order chi connectivity index (χ0) is 27.9. The summed E-state index contributed by atoms with van der Waals surface area (Å²) in [5.41, 5.74) is -2.63. The van der Waals surface area contributed by atoms with E-state index in [0.717, 1.165) is 39.9 Å². The van der Waals surface area contributed by atoms with Crippen LogP contribution in [0.4, 0.5) is 32.6 Å². The van der Waals surface area contributed by atoms with Gasteiger partial charge in [-0.15, -0.1) is 0 Å². The Balaban J connectivity index is 1.91. The van der Waals surface area contributed by atoms with E-state index in [1.807, 2.05) is 0 Å². The summed E-state index contributed by atoms with van der Waals surface area (Å²) in [5, 5.41) is 10.5. The van der Waals surface area contributed by atoms with Crippen molar-refractivity contribution in [3.63, 3.8) is 0 Å². The number of rotatable bonds is 6. The van der Waals surface area contributed by atoms with Gasteiger partial charge >= 0.3 is 18.2 Å². The molecule has 0 aliphatic carbocycles. The number of ether oxygens (including phenoxy) is 1. The Morgan fingerprint density at radius 2 is 1.92 bits per heavy atom. The number of pyridine rings is 2. The number of hydrogen-bond acceptors (Lipinski definition) is 6. The highest BCUT2D eigenvalue weighted by atomic mass is 19.4. The molecule has 1 saturated heterocycles. The Hall–Kier alpha value is -4.56. The average Bonchev–Trinajstić information content (AvgIpc) is 3.24. The summed E-state index contributed by atoms with van der Waals surface area (Å²) in [6.07, 6.45) is -7.17. The van der Waals surface area contributed by atoms with Crippen molar-refractivity contribution in [3.05, 3.63) is 63.9 Å². The molecule has 0 unspecified atom stereocenters. The van der Waals surface area contributed by atoms with Crippen molar-refractivity contribution in [2.45, 2.75) is 31.7 Å². The number of benzene rings is 1. The standard InChI is InChI=1S/C23H17F5N4O6/c1-2-16(23(26,27)28)29-20(34)12-8-31(14-5-3-10(24)7-13(14)25)19-11(18(12)33)4-6-17(30-19)32-9-15(21(35)36)38-22(32)37/h3-8,15-16H,2,9H2,1H3,(H,29,34)(H,35,36)/t15-,16-/m0/s1. The first-order valence-electron chi connectivity index (χ1n) is 10.9. The molecular formula is C23H17F5N4O6.